The number of hydrogen-bond acceptors (Lipinski definition) is 3. The van der Waals surface area contributed by atoms with E-state index < -0.39 is 0 Å². The van der Waals surface area contributed by atoms with Gasteiger partial charge in [0.25, 0.3) is 0 Å². The molecule has 1 saturated carbocycles. The second-order valence-corrected chi connectivity index (χ2v) is 9.03. The van der Waals surface area contributed by atoms with E-state index in [1.807, 2.05) is 41.7 Å². The number of nitrogens with one attached hydrogen (secondary N) is 1. The fourth-order valence-corrected chi connectivity index (χ4v) is 4.93. The summed E-state index contributed by atoms with van der Waals surface area (Å²) < 4.78 is 7.45. The van der Waals surface area contributed by atoms with Crippen LogP contribution in [0.5, 0.6) is 5.75 Å². The van der Waals surface area contributed by atoms with E-state index in [4.69, 9.17) is 4.74 Å². The van der Waals surface area contributed by atoms with Crippen molar-refractivity contribution in [3.05, 3.63) is 54.6 Å². The van der Waals surface area contributed by atoms with Crippen LogP contribution in [-0.2, 0) is 6.54 Å². The average molecular weight is 409 g/mol. The molecule has 6 heteroatoms. The number of amides is 2. The third-order valence-electron chi connectivity index (χ3n) is 7.00. The Labute approximate surface area is 178 Å². The predicted octanol–water partition coefficient (Wildman–Crippen LogP) is 4.81. The number of benzene rings is 1. The highest BCUT2D eigenvalue weighted by Crippen LogP contribution is 2.59. The van der Waals surface area contributed by atoms with Gasteiger partial charge in [-0.25, -0.2) is 9.78 Å². The minimum absolute atomic E-state index is 0.0784. The van der Waals surface area contributed by atoms with Crippen molar-refractivity contribution < 1.29 is 9.53 Å². The van der Waals surface area contributed by atoms with Gasteiger partial charge in [0.2, 0.25) is 0 Å². The molecule has 0 aliphatic heterocycles. The molecule has 2 atom stereocenters. The number of hydrogen-bond donors (Lipinski definition) is 1. The predicted molar refractivity (Wildman–Crippen MR) is 119 cm³/mol. The fourth-order valence-electron chi connectivity index (χ4n) is 4.93. The minimum Gasteiger partial charge on any atom is -0.495 e. The number of anilines is 1. The Hall–Kier alpha value is -2.76. The smallest absolute Gasteiger partial charge is 0.322 e. The van der Waals surface area contributed by atoms with E-state index in [1.165, 1.54) is 12.0 Å². The van der Waals surface area contributed by atoms with Crippen LogP contribution < -0.4 is 10.1 Å². The molecule has 0 radical (unpaired) electrons. The van der Waals surface area contributed by atoms with Crippen LogP contribution in [0.2, 0.25) is 0 Å². The number of carbonyl (C=O) groups excluding carboxylic acids is 1. The average Bonchev–Trinajstić information content (AvgIpc) is 3.27. The third-order valence-corrected chi connectivity index (χ3v) is 7.00. The summed E-state index contributed by atoms with van der Waals surface area (Å²) in [5, 5.41) is 3.06. The van der Waals surface area contributed by atoms with Crippen molar-refractivity contribution in [3.8, 4) is 5.75 Å². The Kier molecular flexibility index (Phi) is 5.84. The molecule has 1 aromatic heterocycles. The number of nitrogens with zero attached hydrogens (tertiary/aromatic N) is 3. The van der Waals surface area contributed by atoms with Crippen molar-refractivity contribution >= 4 is 11.7 Å². The largest absolute Gasteiger partial charge is 0.495 e. The van der Waals surface area contributed by atoms with Crippen LogP contribution in [0.1, 0.15) is 33.1 Å². The highest BCUT2D eigenvalue weighted by molar-refractivity contribution is 5.91. The standard InChI is InChI=1S/C24H32N4O2/c1-24(2)19-10-9-18(20(24)15-19)16-28(13-6-12-27-14-11-25-17-27)23(29)26-21-7-4-5-8-22(21)30-3/h4-5,7-9,11,14,17,19-20H,6,10,12-13,15-16H2,1-3H3,(H,26,29). The van der Waals surface area contributed by atoms with Crippen LogP contribution in [0, 0.1) is 17.3 Å². The Morgan fingerprint density at radius 1 is 1.37 bits per heavy atom. The molecule has 2 bridgehead atoms. The van der Waals surface area contributed by atoms with Crippen molar-refractivity contribution in [2.75, 3.05) is 25.5 Å². The summed E-state index contributed by atoms with van der Waals surface area (Å²) in [7, 11) is 1.62. The number of aromatic nitrogens is 2. The number of allylic oxidation sites excluding steroid dienone is 1. The number of ether oxygens (including phenoxy) is 1. The molecule has 5 rings (SSSR count). The van der Waals surface area contributed by atoms with Crippen molar-refractivity contribution in [1.82, 2.24) is 14.5 Å². The van der Waals surface area contributed by atoms with Gasteiger partial charge in [-0.2, -0.15) is 0 Å². The van der Waals surface area contributed by atoms with Gasteiger partial charge in [0.15, 0.2) is 0 Å². The van der Waals surface area contributed by atoms with Crippen molar-refractivity contribution in [2.45, 2.75) is 39.7 Å². The van der Waals surface area contributed by atoms with Crippen LogP contribution in [0.15, 0.2) is 54.6 Å². The molecule has 2 amide bonds. The van der Waals surface area contributed by atoms with Gasteiger partial charge in [-0.3, -0.25) is 0 Å². The Morgan fingerprint density at radius 3 is 2.90 bits per heavy atom. The molecule has 1 aromatic carbocycles. The maximum atomic E-state index is 13.2. The van der Waals surface area contributed by atoms with Crippen LogP contribution >= 0.6 is 0 Å². The molecular weight excluding hydrogens is 376 g/mol. The highest BCUT2D eigenvalue weighted by atomic mass is 16.5. The van der Waals surface area contributed by atoms with Gasteiger partial charge in [0.1, 0.15) is 5.75 Å². The first-order valence-corrected chi connectivity index (χ1v) is 10.8. The molecule has 1 N–H and O–H groups in total. The summed E-state index contributed by atoms with van der Waals surface area (Å²) >= 11 is 0. The first kappa shape index (κ1) is 20.5. The number of methoxy groups -OCH3 is 1. The molecule has 0 spiro atoms. The van der Waals surface area contributed by atoms with Crippen molar-refractivity contribution in [3.63, 3.8) is 0 Å². The molecular formula is C24H32N4O2. The Morgan fingerprint density at radius 2 is 2.20 bits per heavy atom. The number of rotatable bonds is 8. The van der Waals surface area contributed by atoms with Crippen LogP contribution in [0.25, 0.3) is 0 Å². The van der Waals surface area contributed by atoms with E-state index in [-0.39, 0.29) is 6.03 Å². The second-order valence-electron chi connectivity index (χ2n) is 9.03. The molecule has 2 aromatic rings. The lowest BCUT2D eigenvalue weighted by atomic mass is 9.49. The first-order chi connectivity index (χ1) is 14.5. The van der Waals surface area contributed by atoms with Gasteiger partial charge in [-0.05, 0) is 48.6 Å². The number of urea groups is 1. The highest BCUT2D eigenvalue weighted by Gasteiger charge is 2.51. The fraction of sp³-hybridized carbons (Fsp3) is 0.500. The van der Waals surface area contributed by atoms with E-state index in [9.17, 15) is 4.79 Å². The van der Waals surface area contributed by atoms with Crippen LogP contribution in [-0.4, -0.2) is 40.7 Å². The van der Waals surface area contributed by atoms with E-state index in [2.05, 4.69) is 34.8 Å². The zero-order valence-corrected chi connectivity index (χ0v) is 18.2. The summed E-state index contributed by atoms with van der Waals surface area (Å²) in [5.74, 6) is 2.05. The summed E-state index contributed by atoms with van der Waals surface area (Å²) in [6.07, 6.45) is 11.2. The quantitative estimate of drug-likeness (QED) is 0.638. The molecule has 2 unspecified atom stereocenters. The van der Waals surface area contributed by atoms with E-state index in [0.717, 1.165) is 25.3 Å². The molecule has 1 heterocycles. The zero-order valence-electron chi connectivity index (χ0n) is 18.2. The maximum Gasteiger partial charge on any atom is 0.322 e. The lowest BCUT2D eigenvalue weighted by molar-refractivity contribution is -0.00954. The van der Waals surface area contributed by atoms with Gasteiger partial charge in [0, 0.05) is 32.0 Å². The van der Waals surface area contributed by atoms with Crippen LogP contribution in [0.4, 0.5) is 10.5 Å². The van der Waals surface area contributed by atoms with Gasteiger partial charge in [-0.15, -0.1) is 0 Å². The molecule has 3 aliphatic carbocycles. The summed E-state index contributed by atoms with van der Waals surface area (Å²) in [5.41, 5.74) is 2.47. The van der Waals surface area contributed by atoms with Crippen molar-refractivity contribution in [1.29, 1.82) is 0 Å². The SMILES string of the molecule is COc1ccccc1NC(=O)N(CCCn1ccnc1)CC1=CCC2CC1C2(C)C. The lowest BCUT2D eigenvalue weighted by Gasteiger charge is -2.57. The second kappa shape index (κ2) is 8.54. The summed E-state index contributed by atoms with van der Waals surface area (Å²) in [6, 6.07) is 7.46. The Bertz CT molecular complexity index is 904. The maximum absolute atomic E-state index is 13.2. The zero-order chi connectivity index (χ0) is 21.1. The summed E-state index contributed by atoms with van der Waals surface area (Å²) in [4.78, 5) is 19.3. The molecule has 160 valence electrons. The van der Waals surface area contributed by atoms with Gasteiger partial charge < -0.3 is 19.5 Å². The van der Waals surface area contributed by atoms with Gasteiger partial charge >= 0.3 is 6.03 Å². The third kappa shape index (κ3) is 4.09. The number of fused-ring (bicyclic) bond motifs is 1. The normalized spacial score (nSPS) is 21.4. The van der Waals surface area contributed by atoms with Crippen LogP contribution in [0.3, 0.4) is 0 Å². The number of para-hydroxylation sites is 2. The number of aryl methyl sites for hydroxylation is 1. The van der Waals surface area contributed by atoms with Gasteiger partial charge in [-0.1, -0.05) is 37.6 Å². The van der Waals surface area contributed by atoms with E-state index in [0.29, 0.717) is 35.9 Å². The molecule has 6 nitrogen and oxygen atoms in total. The molecule has 0 saturated heterocycles. The van der Waals surface area contributed by atoms with E-state index >= 15 is 0 Å². The summed E-state index contributed by atoms with van der Waals surface area (Å²) in [6.45, 7) is 6.96. The molecule has 3 aliphatic rings. The monoisotopic (exact) mass is 408 g/mol. The topological polar surface area (TPSA) is 59.4 Å². The van der Waals surface area contributed by atoms with Gasteiger partial charge in [0.05, 0.1) is 19.1 Å². The lowest BCUT2D eigenvalue weighted by Crippen LogP contribution is -2.50. The minimum atomic E-state index is -0.0784. The van der Waals surface area contributed by atoms with E-state index in [1.54, 1.807) is 13.3 Å². The number of imidazole rings is 1. The Balaban J connectivity index is 1.46. The first-order valence-electron chi connectivity index (χ1n) is 10.8. The molecule has 30 heavy (non-hydrogen) atoms. The molecule has 1 fully saturated rings. The van der Waals surface area contributed by atoms with Crippen molar-refractivity contribution in [2.24, 2.45) is 17.3 Å². The number of carbonyl (C=O) groups is 1.